The van der Waals surface area contributed by atoms with Gasteiger partial charge in [0.15, 0.2) is 0 Å². The number of aromatic amines is 1. The summed E-state index contributed by atoms with van der Waals surface area (Å²) < 4.78 is 0. The maximum absolute atomic E-state index is 13.5. The third kappa shape index (κ3) is 2.73. The van der Waals surface area contributed by atoms with Crippen LogP contribution in [0.4, 0.5) is 0 Å². The van der Waals surface area contributed by atoms with Gasteiger partial charge in [-0.05, 0) is 79.9 Å². The van der Waals surface area contributed by atoms with Crippen molar-refractivity contribution in [1.82, 2.24) is 9.88 Å². The molecule has 4 unspecified atom stereocenters. The number of carbonyl (C=O) groups is 1. The number of fused-ring (bicyclic) bond motifs is 1. The molecule has 3 saturated carbocycles. The number of aromatic nitrogens is 1. The van der Waals surface area contributed by atoms with Crippen LogP contribution in [0.25, 0.3) is 10.9 Å². The lowest BCUT2D eigenvalue weighted by Gasteiger charge is -2.59. The fraction of sp³-hybridized carbons (Fsp3) is 0.600. The first kappa shape index (κ1) is 18.4. The number of aliphatic hydroxyl groups is 1. The Kier molecular flexibility index (Phi) is 3.90. The third-order valence-electron chi connectivity index (χ3n) is 8.18. The number of nitrogens with zero attached hydrogens (tertiary/aromatic N) is 2. The number of amides is 1. The molecule has 5 aliphatic rings. The first-order valence-electron chi connectivity index (χ1n) is 11.5. The minimum atomic E-state index is -0.539. The van der Waals surface area contributed by atoms with E-state index in [1.54, 1.807) is 0 Å². The molecule has 0 spiro atoms. The van der Waals surface area contributed by atoms with Crippen LogP contribution in [-0.2, 0) is 4.79 Å². The average Bonchev–Trinajstić information content (AvgIpc) is 3.45. The fourth-order valence-electron chi connectivity index (χ4n) is 7.08. The van der Waals surface area contributed by atoms with Crippen LogP contribution < -0.4 is 0 Å². The lowest BCUT2D eigenvalue weighted by molar-refractivity contribution is -0.174. The number of nitrogens with one attached hydrogen (secondary N) is 1. The summed E-state index contributed by atoms with van der Waals surface area (Å²) in [5.74, 6) is 1.35. The summed E-state index contributed by atoms with van der Waals surface area (Å²) >= 11 is 0. The summed E-state index contributed by atoms with van der Waals surface area (Å²) in [7, 11) is 0. The largest absolute Gasteiger partial charge is 0.390 e. The van der Waals surface area contributed by atoms with E-state index in [2.05, 4.69) is 35.0 Å². The van der Waals surface area contributed by atoms with Crippen molar-refractivity contribution in [2.24, 2.45) is 5.92 Å². The molecule has 1 amide bonds. The molecule has 7 rings (SSSR count). The molecule has 3 heterocycles. The van der Waals surface area contributed by atoms with Gasteiger partial charge in [-0.3, -0.25) is 4.79 Å². The lowest BCUT2D eigenvalue weighted by Crippen LogP contribution is -2.65. The van der Waals surface area contributed by atoms with E-state index in [4.69, 9.17) is 0 Å². The molecular weight excluding hydrogens is 374 g/mol. The SMILES string of the molecule is CC(CC(=O)N1C2CC3C[C@H]1CC(O)(C3)C2)c1c(C#N)[nH]c2cccc(C3CC3)c12. The molecule has 5 heteroatoms. The maximum Gasteiger partial charge on any atom is 0.223 e. The summed E-state index contributed by atoms with van der Waals surface area (Å²) in [5.41, 5.74) is 3.43. The molecule has 3 aliphatic carbocycles. The van der Waals surface area contributed by atoms with Crippen molar-refractivity contribution in [2.75, 3.05) is 0 Å². The molecular formula is C25H29N3O2. The van der Waals surface area contributed by atoms with Gasteiger partial charge in [-0.2, -0.15) is 5.26 Å². The summed E-state index contributed by atoms with van der Waals surface area (Å²) in [5, 5.41) is 21.8. The van der Waals surface area contributed by atoms with Gasteiger partial charge in [0.05, 0.1) is 5.60 Å². The molecule has 2 aromatic rings. The van der Waals surface area contributed by atoms with Crippen molar-refractivity contribution >= 4 is 16.8 Å². The van der Waals surface area contributed by atoms with Gasteiger partial charge in [0.25, 0.3) is 0 Å². The fourth-order valence-corrected chi connectivity index (χ4v) is 7.08. The van der Waals surface area contributed by atoms with Gasteiger partial charge in [0.2, 0.25) is 5.91 Å². The van der Waals surface area contributed by atoms with Crippen LogP contribution in [-0.4, -0.2) is 38.6 Å². The van der Waals surface area contributed by atoms with Crippen molar-refractivity contribution in [2.45, 2.75) is 87.8 Å². The zero-order chi connectivity index (χ0) is 20.6. The van der Waals surface area contributed by atoms with Crippen molar-refractivity contribution < 1.29 is 9.90 Å². The van der Waals surface area contributed by atoms with Gasteiger partial charge >= 0.3 is 0 Å². The highest BCUT2D eigenvalue weighted by Gasteiger charge is 2.55. The minimum absolute atomic E-state index is 0.0129. The highest BCUT2D eigenvalue weighted by Crippen LogP contribution is 2.52. The second-order valence-electron chi connectivity index (χ2n) is 10.5. The van der Waals surface area contributed by atoms with E-state index in [0.29, 0.717) is 24.0 Å². The van der Waals surface area contributed by atoms with Crippen LogP contribution >= 0.6 is 0 Å². The van der Waals surface area contributed by atoms with Gasteiger partial charge in [-0.25, -0.2) is 0 Å². The molecule has 2 N–H and O–H groups in total. The number of hydrogen-bond donors (Lipinski definition) is 2. The van der Waals surface area contributed by atoms with E-state index < -0.39 is 5.60 Å². The monoisotopic (exact) mass is 403 g/mol. The second kappa shape index (κ2) is 6.34. The van der Waals surface area contributed by atoms with E-state index in [1.807, 2.05) is 6.07 Å². The molecule has 0 radical (unpaired) electrons. The predicted octanol–water partition coefficient (Wildman–Crippen LogP) is 4.31. The van der Waals surface area contributed by atoms with Crippen LogP contribution in [0.15, 0.2) is 18.2 Å². The van der Waals surface area contributed by atoms with Crippen molar-refractivity contribution in [3.63, 3.8) is 0 Å². The Morgan fingerprint density at radius 2 is 2.03 bits per heavy atom. The first-order valence-corrected chi connectivity index (χ1v) is 11.5. The molecule has 5 fully saturated rings. The summed E-state index contributed by atoms with van der Waals surface area (Å²) in [4.78, 5) is 18.9. The summed E-state index contributed by atoms with van der Waals surface area (Å²) in [6.07, 6.45) is 7.33. The number of piperidine rings is 2. The van der Waals surface area contributed by atoms with Crippen LogP contribution in [0.1, 0.15) is 86.9 Å². The van der Waals surface area contributed by atoms with Crippen LogP contribution in [0.3, 0.4) is 0 Å². The number of rotatable bonds is 4. The normalized spacial score (nSPS) is 33.1. The molecule has 5 atom stereocenters. The van der Waals surface area contributed by atoms with E-state index in [1.165, 1.54) is 23.8 Å². The molecule has 2 aliphatic heterocycles. The number of benzene rings is 1. The first-order chi connectivity index (χ1) is 14.5. The number of nitriles is 1. The van der Waals surface area contributed by atoms with Gasteiger partial charge in [-0.1, -0.05) is 19.1 Å². The maximum atomic E-state index is 13.5. The third-order valence-corrected chi connectivity index (χ3v) is 8.18. The van der Waals surface area contributed by atoms with Crippen LogP contribution in [0.2, 0.25) is 0 Å². The Labute approximate surface area is 177 Å². The van der Waals surface area contributed by atoms with E-state index in [0.717, 1.165) is 43.2 Å². The molecule has 4 bridgehead atoms. The zero-order valence-corrected chi connectivity index (χ0v) is 17.5. The van der Waals surface area contributed by atoms with Gasteiger partial charge in [0, 0.05) is 29.4 Å². The molecule has 5 nitrogen and oxygen atoms in total. The van der Waals surface area contributed by atoms with Gasteiger partial charge in [0.1, 0.15) is 11.8 Å². The number of H-pyrrole nitrogens is 1. The molecule has 156 valence electrons. The standard InChI is InChI=1S/C25H29N3O2/c1-14(7-22(29)28-17-8-15-9-18(28)12-25(30,10-15)11-17)23-21(13-26)27-20-4-2-3-19(24(20)23)16-5-6-16/h2-4,14-18,27,30H,5-12H2,1H3/t14?,15?,17-,18?,25?/m0/s1. The highest BCUT2D eigenvalue weighted by atomic mass is 16.3. The minimum Gasteiger partial charge on any atom is -0.390 e. The Morgan fingerprint density at radius 3 is 2.67 bits per heavy atom. The van der Waals surface area contributed by atoms with Gasteiger partial charge < -0.3 is 15.0 Å². The van der Waals surface area contributed by atoms with Crippen molar-refractivity contribution in [3.05, 3.63) is 35.0 Å². The molecule has 1 aromatic carbocycles. The second-order valence-corrected chi connectivity index (χ2v) is 10.5. The summed E-state index contributed by atoms with van der Waals surface area (Å²) in [6.45, 7) is 2.09. The van der Waals surface area contributed by atoms with Crippen molar-refractivity contribution in [1.29, 1.82) is 5.26 Å². The van der Waals surface area contributed by atoms with Crippen molar-refractivity contribution in [3.8, 4) is 6.07 Å². The Hall–Kier alpha value is -2.32. The smallest absolute Gasteiger partial charge is 0.223 e. The number of carbonyl (C=O) groups excluding carboxylic acids is 1. The average molecular weight is 404 g/mol. The molecule has 30 heavy (non-hydrogen) atoms. The summed E-state index contributed by atoms with van der Waals surface area (Å²) in [6, 6.07) is 9.04. The topological polar surface area (TPSA) is 80.1 Å². The lowest BCUT2D eigenvalue weighted by atomic mass is 9.61. The van der Waals surface area contributed by atoms with Crippen LogP contribution in [0, 0.1) is 17.2 Å². The Balaban J connectivity index is 1.31. The quantitative estimate of drug-likeness (QED) is 0.798. The predicted molar refractivity (Wildman–Crippen MR) is 114 cm³/mol. The zero-order valence-electron chi connectivity index (χ0n) is 17.5. The Morgan fingerprint density at radius 1 is 1.30 bits per heavy atom. The van der Waals surface area contributed by atoms with E-state index in [9.17, 15) is 15.2 Å². The van der Waals surface area contributed by atoms with E-state index in [-0.39, 0.29) is 23.9 Å². The van der Waals surface area contributed by atoms with Gasteiger partial charge in [-0.15, -0.1) is 0 Å². The Bertz CT molecular complexity index is 1060. The number of hydrogen-bond acceptors (Lipinski definition) is 3. The van der Waals surface area contributed by atoms with E-state index >= 15 is 0 Å². The molecule has 1 aromatic heterocycles. The highest BCUT2D eigenvalue weighted by molar-refractivity contribution is 5.91. The molecule has 2 saturated heterocycles. The van der Waals surface area contributed by atoms with Crippen LogP contribution in [0.5, 0.6) is 0 Å².